The van der Waals surface area contributed by atoms with Crippen LogP contribution in [0.5, 0.6) is 0 Å². The van der Waals surface area contributed by atoms with Gasteiger partial charge in [0.2, 0.25) is 0 Å². The van der Waals surface area contributed by atoms with Crippen molar-refractivity contribution in [1.29, 1.82) is 0 Å². The molecule has 0 aliphatic heterocycles. The topological polar surface area (TPSA) is 0 Å². The highest BCUT2D eigenvalue weighted by molar-refractivity contribution is 7.18. The second kappa shape index (κ2) is 7.08. The van der Waals surface area contributed by atoms with E-state index in [1.54, 1.807) is 0 Å². The first kappa shape index (κ1) is 18.4. The minimum atomic E-state index is 1.29. The summed E-state index contributed by atoms with van der Waals surface area (Å²) in [5.74, 6) is 0. The van der Waals surface area contributed by atoms with Crippen LogP contribution in [0.1, 0.15) is 11.1 Å². The van der Waals surface area contributed by atoms with Crippen LogP contribution in [0.3, 0.4) is 0 Å². The molecule has 1 heteroatoms. The van der Waals surface area contributed by atoms with Gasteiger partial charge in [-0.15, -0.1) is 11.3 Å². The lowest BCUT2D eigenvalue weighted by molar-refractivity contribution is 1.52. The van der Waals surface area contributed by atoms with E-state index in [1.165, 1.54) is 64.3 Å². The third-order valence-corrected chi connectivity index (χ3v) is 7.67. The third kappa shape index (κ3) is 2.97. The van der Waals surface area contributed by atoms with Crippen molar-refractivity contribution < 1.29 is 0 Å². The number of fused-ring (bicyclic) bond motifs is 3. The van der Waals surface area contributed by atoms with Crippen molar-refractivity contribution in [2.24, 2.45) is 0 Å². The van der Waals surface area contributed by atoms with Crippen LogP contribution >= 0.6 is 11.3 Å². The van der Waals surface area contributed by atoms with Crippen LogP contribution in [-0.2, 0) is 0 Å². The molecular formula is C30H22S. The second-order valence-corrected chi connectivity index (χ2v) is 9.37. The lowest BCUT2D eigenvalue weighted by atomic mass is 9.92. The summed E-state index contributed by atoms with van der Waals surface area (Å²) >= 11 is 1.87. The minimum Gasteiger partial charge on any atom is -0.135 e. The first-order valence-electron chi connectivity index (χ1n) is 10.7. The van der Waals surface area contributed by atoms with Crippen LogP contribution in [0, 0.1) is 13.8 Å². The van der Waals surface area contributed by atoms with Gasteiger partial charge in [-0.3, -0.25) is 0 Å². The van der Waals surface area contributed by atoms with E-state index in [0.29, 0.717) is 0 Å². The maximum absolute atomic E-state index is 2.38. The average molecular weight is 415 g/mol. The number of aryl methyl sites for hydroxylation is 2. The maximum atomic E-state index is 2.38. The van der Waals surface area contributed by atoms with E-state index in [0.717, 1.165) is 0 Å². The van der Waals surface area contributed by atoms with Crippen molar-refractivity contribution >= 4 is 43.7 Å². The van der Waals surface area contributed by atoms with Crippen LogP contribution in [0.25, 0.3) is 53.2 Å². The van der Waals surface area contributed by atoms with Crippen LogP contribution in [0.15, 0.2) is 97.1 Å². The minimum absolute atomic E-state index is 1.29. The van der Waals surface area contributed by atoms with Gasteiger partial charge in [-0.2, -0.15) is 0 Å². The van der Waals surface area contributed by atoms with Gasteiger partial charge in [0.1, 0.15) is 0 Å². The highest BCUT2D eigenvalue weighted by Gasteiger charge is 2.11. The Morgan fingerprint density at radius 3 is 1.74 bits per heavy atom. The largest absolute Gasteiger partial charge is 0.135 e. The molecule has 0 radical (unpaired) electrons. The average Bonchev–Trinajstić information content (AvgIpc) is 3.32. The zero-order valence-electron chi connectivity index (χ0n) is 17.6. The predicted octanol–water partition coefficient (Wildman–Crippen LogP) is 9.16. The third-order valence-electron chi connectivity index (χ3n) is 6.49. The first-order chi connectivity index (χ1) is 15.2. The van der Waals surface area contributed by atoms with Gasteiger partial charge < -0.3 is 0 Å². The van der Waals surface area contributed by atoms with Gasteiger partial charge in [0.05, 0.1) is 0 Å². The number of thiophene rings is 1. The zero-order valence-corrected chi connectivity index (χ0v) is 18.5. The first-order valence-corrected chi connectivity index (χ1v) is 11.5. The molecule has 6 aromatic rings. The van der Waals surface area contributed by atoms with Crippen molar-refractivity contribution in [1.82, 2.24) is 0 Å². The number of hydrogen-bond donors (Lipinski definition) is 0. The molecule has 1 aromatic heterocycles. The molecule has 5 aromatic carbocycles. The molecule has 0 saturated heterocycles. The van der Waals surface area contributed by atoms with Gasteiger partial charge in [-0.25, -0.2) is 0 Å². The summed E-state index contributed by atoms with van der Waals surface area (Å²) in [7, 11) is 0. The SMILES string of the molecule is Cc1c2ccccc2c(C)c2cc(-c3ccc(-c4ccc5ccccc5c4)s3)ccc12. The molecule has 6 rings (SSSR count). The molecule has 31 heavy (non-hydrogen) atoms. The Labute approximate surface area is 186 Å². The van der Waals surface area contributed by atoms with E-state index >= 15 is 0 Å². The van der Waals surface area contributed by atoms with Gasteiger partial charge in [0.25, 0.3) is 0 Å². The number of rotatable bonds is 2. The number of benzene rings is 5. The van der Waals surface area contributed by atoms with Crippen molar-refractivity contribution in [2.75, 3.05) is 0 Å². The lowest BCUT2D eigenvalue weighted by Crippen LogP contribution is -1.88. The summed E-state index contributed by atoms with van der Waals surface area (Å²) in [5, 5.41) is 8.00. The Balaban J connectivity index is 1.47. The molecule has 1 heterocycles. The van der Waals surface area contributed by atoms with Gasteiger partial charge in [-0.1, -0.05) is 72.8 Å². The van der Waals surface area contributed by atoms with Crippen molar-refractivity contribution in [3.05, 3.63) is 108 Å². The maximum Gasteiger partial charge on any atom is 0.0349 e. The smallest absolute Gasteiger partial charge is 0.0349 e. The van der Waals surface area contributed by atoms with Crippen molar-refractivity contribution in [3.63, 3.8) is 0 Å². The fourth-order valence-corrected chi connectivity index (χ4v) is 5.75. The van der Waals surface area contributed by atoms with Crippen LogP contribution in [0.4, 0.5) is 0 Å². The Bertz CT molecular complexity index is 1600. The molecule has 0 saturated carbocycles. The van der Waals surface area contributed by atoms with Crippen molar-refractivity contribution in [2.45, 2.75) is 13.8 Å². The molecule has 0 fully saturated rings. The summed E-state index contributed by atoms with van der Waals surface area (Å²) in [5.41, 5.74) is 5.31. The van der Waals surface area contributed by atoms with Gasteiger partial charge in [-0.05, 0) is 92.7 Å². The molecule has 0 amide bonds. The standard InChI is InChI=1S/C30H22S/c1-19-25-9-5-6-10-26(25)20(2)28-18-24(13-14-27(19)28)30-16-15-29(31-30)23-12-11-21-7-3-4-8-22(21)17-23/h3-18H,1-2H3. The molecule has 0 aliphatic rings. The van der Waals surface area contributed by atoms with Gasteiger partial charge >= 0.3 is 0 Å². The van der Waals surface area contributed by atoms with E-state index in [9.17, 15) is 0 Å². The normalized spacial score (nSPS) is 11.5. The van der Waals surface area contributed by atoms with E-state index in [-0.39, 0.29) is 0 Å². The van der Waals surface area contributed by atoms with Crippen LogP contribution in [-0.4, -0.2) is 0 Å². The second-order valence-electron chi connectivity index (χ2n) is 8.28. The molecule has 0 spiro atoms. The molecular weight excluding hydrogens is 392 g/mol. The molecule has 0 nitrogen and oxygen atoms in total. The van der Waals surface area contributed by atoms with E-state index in [4.69, 9.17) is 0 Å². The fraction of sp³-hybridized carbons (Fsp3) is 0.0667. The number of hydrogen-bond acceptors (Lipinski definition) is 1. The van der Waals surface area contributed by atoms with E-state index < -0.39 is 0 Å². The summed E-state index contributed by atoms with van der Waals surface area (Å²) in [6, 6.07) is 35.5. The van der Waals surface area contributed by atoms with Gasteiger partial charge in [0, 0.05) is 9.75 Å². The Kier molecular flexibility index (Phi) is 4.19. The van der Waals surface area contributed by atoms with Crippen molar-refractivity contribution in [3.8, 4) is 20.9 Å². The van der Waals surface area contributed by atoms with Crippen LogP contribution < -0.4 is 0 Å². The predicted molar refractivity (Wildman–Crippen MR) is 137 cm³/mol. The molecule has 0 unspecified atom stereocenters. The lowest BCUT2D eigenvalue weighted by Gasteiger charge is -2.13. The molecule has 148 valence electrons. The quantitative estimate of drug-likeness (QED) is 0.248. The van der Waals surface area contributed by atoms with E-state index in [2.05, 4.69) is 111 Å². The van der Waals surface area contributed by atoms with Gasteiger partial charge in [0.15, 0.2) is 0 Å². The Morgan fingerprint density at radius 2 is 1.00 bits per heavy atom. The summed E-state index contributed by atoms with van der Waals surface area (Å²) in [6.45, 7) is 4.50. The molecule has 0 atom stereocenters. The van der Waals surface area contributed by atoms with Crippen LogP contribution in [0.2, 0.25) is 0 Å². The monoisotopic (exact) mass is 414 g/mol. The fourth-order valence-electron chi connectivity index (χ4n) is 4.75. The zero-order chi connectivity index (χ0) is 20.9. The Morgan fingerprint density at radius 1 is 0.452 bits per heavy atom. The van der Waals surface area contributed by atoms with E-state index in [1.807, 2.05) is 11.3 Å². The summed E-state index contributed by atoms with van der Waals surface area (Å²) in [4.78, 5) is 2.63. The molecule has 0 aliphatic carbocycles. The Hall–Kier alpha value is -3.42. The highest BCUT2D eigenvalue weighted by Crippen LogP contribution is 2.39. The summed E-state index contributed by atoms with van der Waals surface area (Å²) < 4.78 is 0. The molecule has 0 bridgehead atoms. The molecule has 0 N–H and O–H groups in total. The summed E-state index contributed by atoms with van der Waals surface area (Å²) in [6.07, 6.45) is 0. The highest BCUT2D eigenvalue weighted by atomic mass is 32.1.